The first kappa shape index (κ1) is 13.1. The minimum atomic E-state index is 0.0644. The van der Waals surface area contributed by atoms with Gasteiger partial charge in [0.2, 0.25) is 0 Å². The molecule has 0 fully saturated rings. The van der Waals surface area contributed by atoms with Crippen LogP contribution in [0.2, 0.25) is 5.02 Å². The number of aromatic nitrogens is 3. The van der Waals surface area contributed by atoms with Crippen LogP contribution in [0.4, 0.5) is 0 Å². The van der Waals surface area contributed by atoms with Crippen molar-refractivity contribution in [2.45, 2.75) is 32.9 Å². The van der Waals surface area contributed by atoms with Crippen LogP contribution >= 0.6 is 11.6 Å². The van der Waals surface area contributed by atoms with Crippen molar-refractivity contribution < 1.29 is 0 Å². The van der Waals surface area contributed by atoms with Crippen LogP contribution in [0.25, 0.3) is 5.69 Å². The normalized spacial score (nSPS) is 11.8. The Balaban J connectivity index is 2.26. The molecular formula is C13H17ClN4. The van der Waals surface area contributed by atoms with Crippen LogP contribution < -0.4 is 5.32 Å². The number of nitrogens with one attached hydrogen (secondary N) is 1. The molecule has 2 aromatic heterocycles. The lowest BCUT2D eigenvalue weighted by molar-refractivity contribution is 0.423. The van der Waals surface area contributed by atoms with Crippen LogP contribution in [0.5, 0.6) is 0 Å². The zero-order valence-corrected chi connectivity index (χ0v) is 11.6. The fraction of sp³-hybridized carbons (Fsp3) is 0.385. The van der Waals surface area contributed by atoms with Gasteiger partial charge in [0, 0.05) is 36.2 Å². The Morgan fingerprint density at radius 2 is 2.11 bits per heavy atom. The molecule has 4 nitrogen and oxygen atoms in total. The number of hydrogen-bond acceptors (Lipinski definition) is 3. The second-order valence-corrected chi connectivity index (χ2v) is 5.65. The van der Waals surface area contributed by atoms with Crippen molar-refractivity contribution in [1.82, 2.24) is 20.1 Å². The molecule has 0 radical (unpaired) electrons. The van der Waals surface area contributed by atoms with Gasteiger partial charge in [0.25, 0.3) is 0 Å². The van der Waals surface area contributed by atoms with Gasteiger partial charge in [-0.3, -0.25) is 4.98 Å². The van der Waals surface area contributed by atoms with E-state index in [1.807, 2.05) is 12.3 Å². The van der Waals surface area contributed by atoms with Crippen LogP contribution in [-0.4, -0.2) is 20.3 Å². The number of hydrogen-bond donors (Lipinski definition) is 1. The molecule has 2 heterocycles. The molecule has 2 rings (SSSR count). The average molecular weight is 265 g/mol. The van der Waals surface area contributed by atoms with Crippen LogP contribution in [0, 0.1) is 0 Å². The summed E-state index contributed by atoms with van der Waals surface area (Å²) in [5.74, 6) is 0. The number of rotatable bonds is 3. The lowest BCUT2D eigenvalue weighted by Crippen LogP contribution is -2.35. The van der Waals surface area contributed by atoms with E-state index < -0.39 is 0 Å². The van der Waals surface area contributed by atoms with Gasteiger partial charge in [0.1, 0.15) is 0 Å². The summed E-state index contributed by atoms with van der Waals surface area (Å²) in [4.78, 5) is 4.16. The van der Waals surface area contributed by atoms with Crippen LogP contribution in [0.15, 0.2) is 30.9 Å². The predicted molar refractivity (Wildman–Crippen MR) is 73.0 cm³/mol. The predicted octanol–water partition coefficient (Wildman–Crippen LogP) is 2.81. The van der Waals surface area contributed by atoms with E-state index >= 15 is 0 Å². The molecule has 18 heavy (non-hydrogen) atoms. The maximum absolute atomic E-state index is 5.90. The fourth-order valence-electron chi connectivity index (χ4n) is 1.57. The van der Waals surface area contributed by atoms with Crippen LogP contribution in [0.3, 0.4) is 0 Å². The smallest absolute Gasteiger partial charge is 0.0790 e. The van der Waals surface area contributed by atoms with Crippen molar-refractivity contribution in [3.05, 3.63) is 41.4 Å². The summed E-state index contributed by atoms with van der Waals surface area (Å²) in [6, 6.07) is 1.93. The highest BCUT2D eigenvalue weighted by Gasteiger charge is 2.11. The van der Waals surface area contributed by atoms with Crippen molar-refractivity contribution in [1.29, 1.82) is 0 Å². The summed E-state index contributed by atoms with van der Waals surface area (Å²) in [6.45, 7) is 7.14. The third-order valence-electron chi connectivity index (χ3n) is 2.48. The largest absolute Gasteiger partial charge is 0.308 e. The zero-order chi connectivity index (χ0) is 13.2. The third kappa shape index (κ3) is 3.31. The third-order valence-corrected chi connectivity index (χ3v) is 2.68. The van der Waals surface area contributed by atoms with Gasteiger partial charge < -0.3 is 5.32 Å². The standard InChI is InChI=1S/C13H17ClN4/c1-13(2,3)16-7-10-6-15-5-4-12(10)18-9-11(14)8-17-18/h4-6,8-9,16H,7H2,1-3H3. The SMILES string of the molecule is CC(C)(C)NCc1cnccc1-n1cc(Cl)cn1. The highest BCUT2D eigenvalue weighted by atomic mass is 35.5. The molecule has 0 unspecified atom stereocenters. The van der Waals surface area contributed by atoms with Crippen LogP contribution in [0.1, 0.15) is 26.3 Å². The van der Waals surface area contributed by atoms with E-state index in [4.69, 9.17) is 11.6 Å². The molecule has 0 aliphatic carbocycles. The quantitative estimate of drug-likeness (QED) is 0.927. The summed E-state index contributed by atoms with van der Waals surface area (Å²) in [5.41, 5.74) is 2.15. The van der Waals surface area contributed by atoms with Gasteiger partial charge in [-0.1, -0.05) is 11.6 Å². The van der Waals surface area contributed by atoms with E-state index in [-0.39, 0.29) is 5.54 Å². The van der Waals surface area contributed by atoms with E-state index in [1.165, 1.54) is 0 Å². The first-order chi connectivity index (χ1) is 8.46. The van der Waals surface area contributed by atoms with Crippen molar-refractivity contribution in [2.75, 3.05) is 0 Å². The molecule has 2 aromatic rings. The first-order valence-electron chi connectivity index (χ1n) is 5.84. The lowest BCUT2D eigenvalue weighted by Gasteiger charge is -2.21. The second kappa shape index (κ2) is 5.08. The molecule has 0 aliphatic rings. The Morgan fingerprint density at radius 3 is 2.72 bits per heavy atom. The Labute approximate surface area is 112 Å². The molecule has 0 amide bonds. The topological polar surface area (TPSA) is 42.7 Å². The van der Waals surface area contributed by atoms with E-state index in [9.17, 15) is 0 Å². The molecular weight excluding hydrogens is 248 g/mol. The Bertz CT molecular complexity index is 528. The lowest BCUT2D eigenvalue weighted by atomic mass is 10.1. The Kier molecular flexibility index (Phi) is 3.68. The minimum absolute atomic E-state index is 0.0644. The summed E-state index contributed by atoms with van der Waals surface area (Å²) in [7, 11) is 0. The molecule has 0 bridgehead atoms. The first-order valence-corrected chi connectivity index (χ1v) is 6.22. The average Bonchev–Trinajstić information content (AvgIpc) is 2.72. The van der Waals surface area contributed by atoms with Gasteiger partial charge in [-0.25, -0.2) is 4.68 Å². The molecule has 1 N–H and O–H groups in total. The molecule has 0 aromatic carbocycles. The van der Waals surface area contributed by atoms with Gasteiger partial charge in [0.15, 0.2) is 0 Å². The highest BCUT2D eigenvalue weighted by molar-refractivity contribution is 6.30. The van der Waals surface area contributed by atoms with Gasteiger partial charge in [-0.15, -0.1) is 0 Å². The van der Waals surface area contributed by atoms with Gasteiger partial charge in [-0.2, -0.15) is 5.10 Å². The Hall–Kier alpha value is -1.39. The molecule has 96 valence electrons. The van der Waals surface area contributed by atoms with Gasteiger partial charge in [0.05, 0.1) is 16.9 Å². The van der Waals surface area contributed by atoms with Gasteiger partial charge in [-0.05, 0) is 26.8 Å². The summed E-state index contributed by atoms with van der Waals surface area (Å²) < 4.78 is 1.77. The number of pyridine rings is 1. The molecule has 5 heteroatoms. The number of halogens is 1. The van der Waals surface area contributed by atoms with E-state index in [0.717, 1.165) is 17.8 Å². The zero-order valence-electron chi connectivity index (χ0n) is 10.8. The van der Waals surface area contributed by atoms with E-state index in [1.54, 1.807) is 23.3 Å². The fourth-order valence-corrected chi connectivity index (χ4v) is 1.71. The van der Waals surface area contributed by atoms with Gasteiger partial charge >= 0.3 is 0 Å². The maximum atomic E-state index is 5.90. The molecule has 0 aliphatic heterocycles. The summed E-state index contributed by atoms with van der Waals surface area (Å²) in [6.07, 6.45) is 7.02. The van der Waals surface area contributed by atoms with Crippen molar-refractivity contribution in [3.63, 3.8) is 0 Å². The highest BCUT2D eigenvalue weighted by Crippen LogP contribution is 2.16. The summed E-state index contributed by atoms with van der Waals surface area (Å²) in [5, 5.41) is 8.29. The van der Waals surface area contributed by atoms with Crippen molar-refractivity contribution in [2.24, 2.45) is 0 Å². The second-order valence-electron chi connectivity index (χ2n) is 5.21. The summed E-state index contributed by atoms with van der Waals surface area (Å²) >= 11 is 5.90. The Morgan fingerprint density at radius 1 is 1.33 bits per heavy atom. The molecule has 0 spiro atoms. The monoisotopic (exact) mass is 264 g/mol. The minimum Gasteiger partial charge on any atom is -0.308 e. The van der Waals surface area contributed by atoms with Crippen LogP contribution in [-0.2, 0) is 6.54 Å². The van der Waals surface area contributed by atoms with E-state index in [2.05, 4.69) is 36.2 Å². The maximum Gasteiger partial charge on any atom is 0.0790 e. The molecule has 0 saturated carbocycles. The number of nitrogens with zero attached hydrogens (tertiary/aromatic N) is 3. The van der Waals surface area contributed by atoms with E-state index in [0.29, 0.717) is 5.02 Å². The molecule has 0 atom stereocenters. The van der Waals surface area contributed by atoms with Crippen molar-refractivity contribution >= 4 is 11.6 Å². The molecule has 0 saturated heterocycles. The van der Waals surface area contributed by atoms with Crippen molar-refractivity contribution in [3.8, 4) is 5.69 Å².